The summed E-state index contributed by atoms with van der Waals surface area (Å²) in [6.45, 7) is 3.89. The van der Waals surface area contributed by atoms with E-state index < -0.39 is 24.0 Å². The molecule has 0 heterocycles. The molecule has 0 radical (unpaired) electrons. The first-order valence-corrected chi connectivity index (χ1v) is 7.13. The van der Waals surface area contributed by atoms with Crippen LogP contribution < -0.4 is 17.2 Å². The lowest BCUT2D eigenvalue weighted by atomic mass is 10.1. The summed E-state index contributed by atoms with van der Waals surface area (Å²) in [4.78, 5) is 20.4. The van der Waals surface area contributed by atoms with Gasteiger partial charge in [0.25, 0.3) is 0 Å². The van der Waals surface area contributed by atoms with E-state index in [0.717, 1.165) is 5.75 Å². The molecule has 0 aliphatic carbocycles. The average molecular weight is 279 g/mol. The van der Waals surface area contributed by atoms with Gasteiger partial charge in [0, 0.05) is 0 Å². The molecule has 108 valence electrons. The predicted octanol–water partition coefficient (Wildman–Crippen LogP) is -0.00350. The Morgan fingerprint density at radius 3 is 1.94 bits per heavy atom. The highest BCUT2D eigenvalue weighted by atomic mass is 32.2. The van der Waals surface area contributed by atoms with Gasteiger partial charge in [0.2, 0.25) is 5.91 Å². The van der Waals surface area contributed by atoms with Crippen molar-refractivity contribution < 1.29 is 14.7 Å². The van der Waals surface area contributed by atoms with Gasteiger partial charge in [0.1, 0.15) is 6.04 Å². The number of carbonyl (C=O) groups is 2. The van der Waals surface area contributed by atoms with Crippen LogP contribution in [0.25, 0.3) is 0 Å². The van der Waals surface area contributed by atoms with Crippen molar-refractivity contribution in [3.63, 3.8) is 0 Å². The van der Waals surface area contributed by atoms with Gasteiger partial charge >= 0.3 is 5.97 Å². The molecule has 0 saturated carbocycles. The van der Waals surface area contributed by atoms with Gasteiger partial charge in [0.05, 0.1) is 6.04 Å². The van der Waals surface area contributed by atoms with Crippen LogP contribution in [0.3, 0.4) is 0 Å². The minimum atomic E-state index is -0.913. The zero-order valence-corrected chi connectivity index (χ0v) is 12.1. The van der Waals surface area contributed by atoms with Gasteiger partial charge in [-0.1, -0.05) is 13.8 Å². The minimum Gasteiger partial charge on any atom is -0.480 e. The lowest BCUT2D eigenvalue weighted by Crippen LogP contribution is -2.36. The molecule has 0 spiro atoms. The first-order valence-electron chi connectivity index (χ1n) is 5.74. The van der Waals surface area contributed by atoms with E-state index >= 15 is 0 Å². The van der Waals surface area contributed by atoms with Crippen LogP contribution in [0.15, 0.2) is 0 Å². The van der Waals surface area contributed by atoms with Crippen molar-refractivity contribution in [2.24, 2.45) is 23.1 Å². The normalized spacial score (nSPS) is 13.4. The third kappa shape index (κ3) is 13.3. The van der Waals surface area contributed by atoms with E-state index in [9.17, 15) is 9.59 Å². The zero-order valence-electron chi connectivity index (χ0n) is 11.3. The van der Waals surface area contributed by atoms with E-state index in [2.05, 4.69) is 0 Å². The summed E-state index contributed by atoms with van der Waals surface area (Å²) in [6, 6.07) is -1.15. The Morgan fingerprint density at radius 2 is 1.72 bits per heavy atom. The maximum absolute atomic E-state index is 10.3. The second kappa shape index (κ2) is 11.3. The molecule has 7 N–H and O–H groups in total. The van der Waals surface area contributed by atoms with E-state index in [1.165, 1.54) is 0 Å². The highest BCUT2D eigenvalue weighted by Crippen LogP contribution is 2.01. The van der Waals surface area contributed by atoms with Gasteiger partial charge in [-0.25, -0.2) is 0 Å². The Labute approximate surface area is 113 Å². The topological polar surface area (TPSA) is 132 Å². The van der Waals surface area contributed by atoms with Crippen molar-refractivity contribution >= 4 is 23.6 Å². The Kier molecular flexibility index (Phi) is 12.3. The molecule has 6 nitrogen and oxygen atoms in total. The van der Waals surface area contributed by atoms with Gasteiger partial charge in [-0.2, -0.15) is 11.8 Å². The van der Waals surface area contributed by atoms with Crippen LogP contribution in [0.2, 0.25) is 0 Å². The maximum atomic E-state index is 10.3. The molecule has 0 aromatic rings. The number of primary amides is 1. The number of amides is 1. The molecular formula is C11H25N3O3S. The molecule has 0 rings (SSSR count). The second-order valence-electron chi connectivity index (χ2n) is 4.36. The molecule has 0 saturated heterocycles. The Balaban J connectivity index is 0. The molecule has 7 heteroatoms. The standard InChI is InChI=1S/C6H13NO2.C5H12N2OS/c1-4(2)3-5(7)6(8)9;1-9-3-2-4(6)5(7)8/h4-5H,3,7H2,1-2H3,(H,8,9);4H,2-3,6H2,1H3,(H2,7,8)/t5-;4-/m00/s1. The third-order valence-corrected chi connectivity index (χ3v) is 2.68. The predicted molar refractivity (Wildman–Crippen MR) is 75.2 cm³/mol. The van der Waals surface area contributed by atoms with Crippen molar-refractivity contribution in [1.82, 2.24) is 0 Å². The molecule has 0 aliphatic heterocycles. The Hall–Kier alpha value is -0.790. The molecule has 0 unspecified atom stereocenters. The smallest absolute Gasteiger partial charge is 0.320 e. The highest BCUT2D eigenvalue weighted by molar-refractivity contribution is 7.98. The molecular weight excluding hydrogens is 254 g/mol. The summed E-state index contributed by atoms with van der Waals surface area (Å²) in [5, 5.41) is 8.31. The van der Waals surface area contributed by atoms with E-state index in [1.807, 2.05) is 20.1 Å². The summed E-state index contributed by atoms with van der Waals surface area (Å²) >= 11 is 1.66. The van der Waals surface area contributed by atoms with E-state index in [1.54, 1.807) is 11.8 Å². The first kappa shape index (κ1) is 19.5. The summed E-state index contributed by atoms with van der Waals surface area (Å²) < 4.78 is 0. The quantitative estimate of drug-likeness (QED) is 0.518. The largest absolute Gasteiger partial charge is 0.480 e. The number of aliphatic carboxylic acids is 1. The molecule has 2 atom stereocenters. The number of carboxylic acid groups (broad SMARTS) is 1. The number of carbonyl (C=O) groups excluding carboxylic acids is 1. The second-order valence-corrected chi connectivity index (χ2v) is 5.35. The highest BCUT2D eigenvalue weighted by Gasteiger charge is 2.11. The number of hydrogen-bond acceptors (Lipinski definition) is 5. The third-order valence-electron chi connectivity index (χ3n) is 2.04. The monoisotopic (exact) mass is 279 g/mol. The molecule has 1 amide bonds. The summed E-state index contributed by atoms with van der Waals surface area (Å²) in [5.74, 6) is -0.0757. The first-order chi connectivity index (χ1) is 8.22. The molecule has 0 aromatic heterocycles. The SMILES string of the molecule is CC(C)C[C@H](N)C(=O)O.CSCC[C@H](N)C(N)=O. The fourth-order valence-corrected chi connectivity index (χ4v) is 1.49. The lowest BCUT2D eigenvalue weighted by Gasteiger charge is -2.07. The van der Waals surface area contributed by atoms with Crippen LogP contribution in [-0.4, -0.2) is 41.1 Å². The van der Waals surface area contributed by atoms with E-state index in [-0.39, 0.29) is 0 Å². The molecule has 0 aromatic carbocycles. The Morgan fingerprint density at radius 1 is 1.22 bits per heavy atom. The van der Waals surface area contributed by atoms with Crippen LogP contribution in [0.4, 0.5) is 0 Å². The molecule has 0 bridgehead atoms. The Bertz CT molecular complexity index is 250. The number of rotatable bonds is 7. The van der Waals surface area contributed by atoms with Crippen molar-refractivity contribution in [3.8, 4) is 0 Å². The van der Waals surface area contributed by atoms with E-state index in [4.69, 9.17) is 22.3 Å². The van der Waals surface area contributed by atoms with Crippen LogP contribution in [-0.2, 0) is 9.59 Å². The number of hydrogen-bond donors (Lipinski definition) is 4. The van der Waals surface area contributed by atoms with Gasteiger partial charge in [0.15, 0.2) is 0 Å². The van der Waals surface area contributed by atoms with Gasteiger partial charge < -0.3 is 22.3 Å². The van der Waals surface area contributed by atoms with Gasteiger partial charge in [-0.3, -0.25) is 9.59 Å². The summed E-state index contributed by atoms with van der Waals surface area (Å²) in [5.41, 5.74) is 15.4. The maximum Gasteiger partial charge on any atom is 0.320 e. The fourth-order valence-electron chi connectivity index (χ4n) is 0.996. The molecule has 0 aliphatic rings. The van der Waals surface area contributed by atoms with Crippen LogP contribution in [0.5, 0.6) is 0 Å². The number of nitrogens with two attached hydrogens (primary N) is 3. The van der Waals surface area contributed by atoms with Crippen LogP contribution in [0, 0.1) is 5.92 Å². The summed E-state index contributed by atoms with van der Waals surface area (Å²) in [7, 11) is 0. The van der Waals surface area contributed by atoms with Gasteiger partial charge in [-0.05, 0) is 30.8 Å². The van der Waals surface area contributed by atoms with Gasteiger partial charge in [-0.15, -0.1) is 0 Å². The van der Waals surface area contributed by atoms with Crippen LogP contribution >= 0.6 is 11.8 Å². The molecule has 0 fully saturated rings. The summed E-state index contributed by atoms with van der Waals surface area (Å²) in [6.07, 6.45) is 3.19. The molecule has 18 heavy (non-hydrogen) atoms. The fraction of sp³-hybridized carbons (Fsp3) is 0.818. The lowest BCUT2D eigenvalue weighted by molar-refractivity contribution is -0.138. The van der Waals surface area contributed by atoms with E-state index in [0.29, 0.717) is 18.8 Å². The minimum absolute atomic E-state index is 0.357. The average Bonchev–Trinajstić information content (AvgIpc) is 2.25. The number of carboxylic acids is 1. The van der Waals surface area contributed by atoms with Crippen molar-refractivity contribution in [1.29, 1.82) is 0 Å². The van der Waals surface area contributed by atoms with Crippen molar-refractivity contribution in [3.05, 3.63) is 0 Å². The van der Waals surface area contributed by atoms with Crippen LogP contribution in [0.1, 0.15) is 26.7 Å². The van der Waals surface area contributed by atoms with Crippen molar-refractivity contribution in [2.45, 2.75) is 38.8 Å². The number of thioether (sulfide) groups is 1. The van der Waals surface area contributed by atoms with Crippen molar-refractivity contribution in [2.75, 3.05) is 12.0 Å². The zero-order chi connectivity index (χ0) is 14.7.